The summed E-state index contributed by atoms with van der Waals surface area (Å²) in [6.07, 6.45) is 0. The molecule has 0 amide bonds. The fourth-order valence-corrected chi connectivity index (χ4v) is 8.42. The van der Waals surface area contributed by atoms with E-state index in [2.05, 4.69) is 152 Å². The van der Waals surface area contributed by atoms with Crippen molar-refractivity contribution >= 4 is 65.4 Å². The number of hydrogen-bond acceptors (Lipinski definition) is 5. The number of para-hydroxylation sites is 2. The summed E-state index contributed by atoms with van der Waals surface area (Å²) in [4.78, 5) is 15.6. The number of benzene rings is 9. The van der Waals surface area contributed by atoms with Gasteiger partial charge in [-0.05, 0) is 74.6 Å². The second-order valence-electron chi connectivity index (χ2n) is 14.8. The molecule has 0 fully saturated rings. The van der Waals surface area contributed by atoms with Crippen molar-refractivity contribution in [2.45, 2.75) is 0 Å². The van der Waals surface area contributed by atoms with Crippen LogP contribution in [0.4, 0.5) is 0 Å². The lowest BCUT2D eigenvalue weighted by Crippen LogP contribution is -2.00. The molecule has 3 heterocycles. The number of hydrogen-bond donors (Lipinski definition) is 0. The first-order valence-corrected chi connectivity index (χ1v) is 19.4. The molecule has 0 aliphatic rings. The Labute approximate surface area is 332 Å². The summed E-state index contributed by atoms with van der Waals surface area (Å²) in [6, 6.07) is 65.2. The van der Waals surface area contributed by atoms with Crippen molar-refractivity contribution in [1.82, 2.24) is 15.0 Å². The quantitative estimate of drug-likeness (QED) is 0.176. The van der Waals surface area contributed by atoms with Crippen molar-refractivity contribution in [3.05, 3.63) is 188 Å². The van der Waals surface area contributed by atoms with E-state index in [1.165, 1.54) is 10.8 Å². The van der Waals surface area contributed by atoms with Crippen LogP contribution >= 0.6 is 0 Å². The van der Waals surface area contributed by atoms with Gasteiger partial charge in [-0.1, -0.05) is 152 Å². The van der Waals surface area contributed by atoms with Gasteiger partial charge < -0.3 is 8.83 Å². The molecule has 0 aliphatic heterocycles. The summed E-state index contributed by atoms with van der Waals surface area (Å²) in [5, 5.41) is 8.74. The average molecular weight is 742 g/mol. The van der Waals surface area contributed by atoms with Crippen molar-refractivity contribution in [1.29, 1.82) is 0 Å². The van der Waals surface area contributed by atoms with Gasteiger partial charge in [-0.2, -0.15) is 0 Å². The molecule has 12 rings (SSSR count). The SMILES string of the molecule is c1ccc(-c2ccc(-c3nc(-c4ccc5cc6c(cc5c4)oc4ccccc46)nc(-c4cccc5oc6c(-c7ccc8ccccc8c7)cccc6c45)n3)cc2)cc1. The fraction of sp³-hybridized carbons (Fsp3) is 0. The summed E-state index contributed by atoms with van der Waals surface area (Å²) in [7, 11) is 0. The van der Waals surface area contributed by atoms with Gasteiger partial charge in [-0.15, -0.1) is 0 Å². The van der Waals surface area contributed by atoms with Crippen molar-refractivity contribution < 1.29 is 8.83 Å². The van der Waals surface area contributed by atoms with Gasteiger partial charge in [-0.25, -0.2) is 15.0 Å². The maximum Gasteiger partial charge on any atom is 0.164 e. The molecule has 0 spiro atoms. The highest BCUT2D eigenvalue weighted by atomic mass is 16.3. The Morgan fingerprint density at radius 3 is 1.79 bits per heavy atom. The molecule has 0 bridgehead atoms. The van der Waals surface area contributed by atoms with Crippen LogP contribution in [-0.2, 0) is 0 Å². The predicted octanol–water partition coefficient (Wildman–Crippen LogP) is 14.3. The van der Waals surface area contributed by atoms with Crippen LogP contribution in [0.2, 0.25) is 0 Å². The molecule has 0 N–H and O–H groups in total. The summed E-state index contributed by atoms with van der Waals surface area (Å²) in [5.41, 5.74) is 10.4. The molecule has 3 aromatic heterocycles. The molecule has 0 saturated carbocycles. The topological polar surface area (TPSA) is 65.0 Å². The highest BCUT2D eigenvalue weighted by molar-refractivity contribution is 6.15. The molecule has 0 unspecified atom stereocenters. The van der Waals surface area contributed by atoms with Crippen LogP contribution in [0.15, 0.2) is 197 Å². The second-order valence-corrected chi connectivity index (χ2v) is 14.8. The Morgan fingerprint density at radius 1 is 0.293 bits per heavy atom. The maximum absolute atomic E-state index is 6.72. The zero-order valence-corrected chi connectivity index (χ0v) is 31.1. The van der Waals surface area contributed by atoms with E-state index in [9.17, 15) is 0 Å². The van der Waals surface area contributed by atoms with E-state index in [4.69, 9.17) is 23.8 Å². The number of furan rings is 2. The minimum atomic E-state index is 0.573. The van der Waals surface area contributed by atoms with E-state index in [-0.39, 0.29) is 0 Å². The van der Waals surface area contributed by atoms with Crippen molar-refractivity contribution in [2.75, 3.05) is 0 Å². The van der Waals surface area contributed by atoms with Crippen LogP contribution in [0.1, 0.15) is 0 Å². The van der Waals surface area contributed by atoms with Crippen molar-refractivity contribution in [2.24, 2.45) is 0 Å². The third-order valence-electron chi connectivity index (χ3n) is 11.3. The number of nitrogens with zero attached hydrogens (tertiary/aromatic N) is 3. The fourth-order valence-electron chi connectivity index (χ4n) is 8.42. The first-order chi connectivity index (χ1) is 28.7. The minimum absolute atomic E-state index is 0.573. The molecule has 12 aromatic rings. The molecule has 0 saturated heterocycles. The maximum atomic E-state index is 6.72. The number of fused-ring (bicyclic) bond motifs is 8. The highest BCUT2D eigenvalue weighted by Gasteiger charge is 2.20. The van der Waals surface area contributed by atoms with Crippen LogP contribution in [0.5, 0.6) is 0 Å². The van der Waals surface area contributed by atoms with E-state index >= 15 is 0 Å². The Hall–Kier alpha value is -7.89. The third-order valence-corrected chi connectivity index (χ3v) is 11.3. The van der Waals surface area contributed by atoms with Crippen LogP contribution in [-0.4, -0.2) is 15.0 Å². The zero-order chi connectivity index (χ0) is 38.2. The molecular formula is C53H31N3O2. The van der Waals surface area contributed by atoms with Crippen molar-refractivity contribution in [3.63, 3.8) is 0 Å². The molecule has 9 aromatic carbocycles. The van der Waals surface area contributed by atoms with Gasteiger partial charge in [0.25, 0.3) is 0 Å². The minimum Gasteiger partial charge on any atom is -0.456 e. The van der Waals surface area contributed by atoms with Gasteiger partial charge in [0.1, 0.15) is 22.3 Å². The standard InChI is InChI=1S/C53H31N3O2/c1-2-10-32(11-3-1)34-20-23-35(24-21-34)51-54-52(39-27-25-37-30-45-42-14-6-7-18-46(42)57-48(45)31-40(37)29-39)56-53(55-51)44-17-9-19-47-49(44)43-16-8-15-41(50(43)58-47)38-26-22-33-12-4-5-13-36(33)28-38/h1-31H. The summed E-state index contributed by atoms with van der Waals surface area (Å²) in [6.45, 7) is 0. The molecular weight excluding hydrogens is 711 g/mol. The monoisotopic (exact) mass is 741 g/mol. The smallest absolute Gasteiger partial charge is 0.164 e. The largest absolute Gasteiger partial charge is 0.456 e. The summed E-state index contributed by atoms with van der Waals surface area (Å²) >= 11 is 0. The Balaban J connectivity index is 1.04. The molecule has 58 heavy (non-hydrogen) atoms. The van der Waals surface area contributed by atoms with E-state index < -0.39 is 0 Å². The van der Waals surface area contributed by atoms with E-state index in [1.54, 1.807) is 0 Å². The summed E-state index contributed by atoms with van der Waals surface area (Å²) in [5.74, 6) is 1.75. The van der Waals surface area contributed by atoms with E-state index in [1.807, 2.05) is 36.4 Å². The van der Waals surface area contributed by atoms with Gasteiger partial charge >= 0.3 is 0 Å². The van der Waals surface area contributed by atoms with Crippen LogP contribution in [0, 0.1) is 0 Å². The summed E-state index contributed by atoms with van der Waals surface area (Å²) < 4.78 is 13.0. The van der Waals surface area contributed by atoms with Crippen LogP contribution in [0.3, 0.4) is 0 Å². The molecule has 0 aliphatic carbocycles. The number of aromatic nitrogens is 3. The van der Waals surface area contributed by atoms with Gasteiger partial charge in [0.15, 0.2) is 17.5 Å². The first kappa shape index (κ1) is 32.4. The first-order valence-electron chi connectivity index (χ1n) is 19.4. The molecule has 5 heteroatoms. The zero-order valence-electron chi connectivity index (χ0n) is 31.1. The molecule has 0 radical (unpaired) electrons. The molecule has 5 nitrogen and oxygen atoms in total. The van der Waals surface area contributed by atoms with Gasteiger partial charge in [0, 0.05) is 43.8 Å². The second kappa shape index (κ2) is 12.8. The third kappa shape index (κ3) is 5.29. The lowest BCUT2D eigenvalue weighted by atomic mass is 9.98. The lowest BCUT2D eigenvalue weighted by molar-refractivity contribution is 0.669. The van der Waals surface area contributed by atoms with E-state index in [0.29, 0.717) is 17.5 Å². The lowest BCUT2D eigenvalue weighted by Gasteiger charge is -2.10. The van der Waals surface area contributed by atoms with Crippen molar-refractivity contribution in [3.8, 4) is 56.4 Å². The predicted molar refractivity (Wildman–Crippen MR) is 237 cm³/mol. The van der Waals surface area contributed by atoms with Crippen LogP contribution in [0.25, 0.3) is 122 Å². The van der Waals surface area contributed by atoms with Gasteiger partial charge in [0.2, 0.25) is 0 Å². The van der Waals surface area contributed by atoms with Crippen LogP contribution < -0.4 is 0 Å². The van der Waals surface area contributed by atoms with Gasteiger partial charge in [0.05, 0.1) is 0 Å². The van der Waals surface area contributed by atoms with E-state index in [0.717, 1.165) is 93.6 Å². The highest BCUT2D eigenvalue weighted by Crippen LogP contribution is 2.41. The Bertz CT molecular complexity index is 3570. The molecule has 0 atom stereocenters. The Morgan fingerprint density at radius 2 is 0.897 bits per heavy atom. The number of rotatable bonds is 5. The molecule has 270 valence electrons. The normalized spacial score (nSPS) is 11.8. The van der Waals surface area contributed by atoms with Gasteiger partial charge in [-0.3, -0.25) is 0 Å². The average Bonchev–Trinajstić information content (AvgIpc) is 3.86. The Kier molecular flexibility index (Phi) is 7.16.